The van der Waals surface area contributed by atoms with Gasteiger partial charge in [-0.25, -0.2) is 0 Å². The first-order valence-corrected chi connectivity index (χ1v) is 8.17. The number of nitrogens with zero attached hydrogens (tertiary/aromatic N) is 1. The third-order valence-electron chi connectivity index (χ3n) is 6.07. The molecule has 3 fully saturated rings. The zero-order valence-corrected chi connectivity index (χ0v) is 12.7. The number of hydrogen-bond donors (Lipinski definition) is 1. The molecule has 0 spiro atoms. The monoisotopic (exact) mass is 303 g/mol. The molecule has 4 atom stereocenters. The third-order valence-corrected chi connectivity index (χ3v) is 9.40. The van der Waals surface area contributed by atoms with E-state index in [9.17, 15) is 9.90 Å². The number of carbonyl (C=O) groups is 1. The molecular weight excluding hydrogens is 281 g/mol. The molecule has 0 aromatic carbocycles. The Morgan fingerprint density at radius 2 is 2.06 bits per heavy atom. The van der Waals surface area contributed by atoms with Crippen molar-refractivity contribution in [2.45, 2.75) is 51.0 Å². The van der Waals surface area contributed by atoms with Crippen molar-refractivity contribution in [1.29, 1.82) is 0 Å². The summed E-state index contributed by atoms with van der Waals surface area (Å²) in [7, 11) is 0. The second-order valence-corrected chi connectivity index (χ2v) is 9.14. The fourth-order valence-corrected chi connectivity index (χ4v) is 8.32. The molecule has 0 aromatic heterocycles. The number of fused-ring (bicyclic) bond motifs is 5. The van der Waals surface area contributed by atoms with Gasteiger partial charge >= 0.3 is 109 Å². The summed E-state index contributed by atoms with van der Waals surface area (Å²) < 4.78 is 1.91. The van der Waals surface area contributed by atoms with E-state index < -0.39 is 5.60 Å². The Kier molecular flexibility index (Phi) is 2.18. The van der Waals surface area contributed by atoms with Gasteiger partial charge in [-0.05, 0) is 0 Å². The van der Waals surface area contributed by atoms with E-state index in [2.05, 4.69) is 20.8 Å². The van der Waals surface area contributed by atoms with Gasteiger partial charge in [0.1, 0.15) is 0 Å². The first-order valence-electron chi connectivity index (χ1n) is 6.41. The molecule has 4 heteroatoms. The van der Waals surface area contributed by atoms with E-state index in [0.29, 0.717) is 17.3 Å². The summed E-state index contributed by atoms with van der Waals surface area (Å²) in [4.78, 5) is 11.9. The van der Waals surface area contributed by atoms with Gasteiger partial charge in [-0.3, -0.25) is 0 Å². The van der Waals surface area contributed by atoms with Crippen LogP contribution in [0.25, 0.3) is 0 Å². The van der Waals surface area contributed by atoms with Gasteiger partial charge in [-0.2, -0.15) is 0 Å². The van der Waals surface area contributed by atoms with Crippen molar-refractivity contribution in [3.8, 4) is 0 Å². The van der Waals surface area contributed by atoms with Gasteiger partial charge in [0.15, 0.2) is 0 Å². The van der Waals surface area contributed by atoms with Crippen LogP contribution in [0.4, 0.5) is 0 Å². The molecule has 3 rings (SSSR count). The molecule has 2 aliphatic carbocycles. The molecule has 2 bridgehead atoms. The predicted octanol–water partition coefficient (Wildman–Crippen LogP) is 1.44. The van der Waals surface area contributed by atoms with Crippen molar-refractivity contribution in [3.63, 3.8) is 0 Å². The maximum absolute atomic E-state index is 11.5. The van der Waals surface area contributed by atoms with Gasteiger partial charge in [0, 0.05) is 0 Å². The van der Waals surface area contributed by atoms with Gasteiger partial charge in [0.2, 0.25) is 0 Å². The predicted molar refractivity (Wildman–Crippen MR) is 66.5 cm³/mol. The van der Waals surface area contributed by atoms with E-state index in [1.54, 1.807) is 6.92 Å². The molecule has 3 aliphatic rings. The van der Waals surface area contributed by atoms with Crippen LogP contribution in [0.1, 0.15) is 40.5 Å². The van der Waals surface area contributed by atoms with E-state index in [-0.39, 0.29) is 31.9 Å². The Morgan fingerprint density at radius 1 is 1.41 bits per heavy atom. The van der Waals surface area contributed by atoms with Crippen LogP contribution in [0.5, 0.6) is 0 Å². The van der Waals surface area contributed by atoms with Crippen LogP contribution in [0.3, 0.4) is 0 Å². The SMILES string of the molecule is CC(=O)N1CC2(O)C([Se]1)C1CC[C@]2(C)C1(C)C. The van der Waals surface area contributed by atoms with Crippen LogP contribution < -0.4 is 0 Å². The van der Waals surface area contributed by atoms with E-state index in [4.69, 9.17) is 0 Å². The molecule has 3 unspecified atom stereocenters. The Balaban J connectivity index is 2.03. The first kappa shape index (κ1) is 12.0. The molecule has 1 amide bonds. The fraction of sp³-hybridized carbons (Fsp3) is 0.923. The first-order chi connectivity index (χ1) is 7.74. The number of rotatable bonds is 0. The van der Waals surface area contributed by atoms with Gasteiger partial charge in [0.25, 0.3) is 0 Å². The van der Waals surface area contributed by atoms with E-state index >= 15 is 0 Å². The summed E-state index contributed by atoms with van der Waals surface area (Å²) in [5.41, 5.74) is -0.413. The molecule has 2 saturated carbocycles. The summed E-state index contributed by atoms with van der Waals surface area (Å²) in [5.74, 6) is 0.732. The molecule has 1 heterocycles. The number of β-amino-alcohol motifs (C(OH)–C–C–N with tert-alkyl or cyclic N) is 1. The average molecular weight is 302 g/mol. The van der Waals surface area contributed by atoms with E-state index in [1.165, 1.54) is 6.42 Å². The quantitative estimate of drug-likeness (QED) is 0.688. The van der Waals surface area contributed by atoms with E-state index in [1.807, 2.05) is 3.92 Å². The van der Waals surface area contributed by atoms with Crippen molar-refractivity contribution in [1.82, 2.24) is 3.92 Å². The van der Waals surface area contributed by atoms with Gasteiger partial charge < -0.3 is 0 Å². The van der Waals surface area contributed by atoms with Crippen LogP contribution in [0.15, 0.2) is 0 Å². The van der Waals surface area contributed by atoms with Gasteiger partial charge in [-0.1, -0.05) is 0 Å². The van der Waals surface area contributed by atoms with Gasteiger partial charge in [-0.15, -0.1) is 0 Å². The zero-order valence-electron chi connectivity index (χ0n) is 11.0. The molecule has 1 saturated heterocycles. The summed E-state index contributed by atoms with van der Waals surface area (Å²) in [5, 5.41) is 11.2. The Labute approximate surface area is 109 Å². The fourth-order valence-electron chi connectivity index (χ4n) is 4.49. The van der Waals surface area contributed by atoms with Crippen LogP contribution in [-0.4, -0.2) is 42.3 Å². The molecule has 1 N–H and O–H groups in total. The standard InChI is InChI=1S/C13H21NO2Se/c1-8(15)14-7-13(16)10(17-14)9-5-6-12(13,4)11(9,2)3/h9-10,16H,5-7H2,1-4H3/t9?,10?,12-,13?/m1/s1. The number of aliphatic hydroxyl groups is 1. The molecule has 1 aliphatic heterocycles. The van der Waals surface area contributed by atoms with Crippen LogP contribution >= 0.6 is 0 Å². The number of carbonyl (C=O) groups excluding carboxylic acids is 1. The summed E-state index contributed by atoms with van der Waals surface area (Å²) in [6.45, 7) is 9.07. The van der Waals surface area contributed by atoms with Crippen molar-refractivity contribution in [2.75, 3.05) is 6.54 Å². The molecule has 0 aromatic rings. The second-order valence-electron chi connectivity index (χ2n) is 6.70. The zero-order chi connectivity index (χ0) is 12.6. The summed E-state index contributed by atoms with van der Waals surface area (Å²) >= 11 is 0.140. The summed E-state index contributed by atoms with van der Waals surface area (Å²) in [6.07, 6.45) is 2.34. The number of hydrogen-bond acceptors (Lipinski definition) is 2. The van der Waals surface area contributed by atoms with Crippen LogP contribution in [0.2, 0.25) is 4.82 Å². The Morgan fingerprint density at radius 3 is 2.59 bits per heavy atom. The van der Waals surface area contributed by atoms with Gasteiger partial charge in [0.05, 0.1) is 0 Å². The van der Waals surface area contributed by atoms with Crippen LogP contribution in [-0.2, 0) is 4.79 Å². The van der Waals surface area contributed by atoms with Crippen molar-refractivity contribution in [2.24, 2.45) is 16.7 Å². The van der Waals surface area contributed by atoms with E-state index in [0.717, 1.165) is 6.42 Å². The maximum atomic E-state index is 11.5. The minimum atomic E-state index is -0.620. The normalized spacial score (nSPS) is 50.8. The molecule has 0 radical (unpaired) electrons. The molecular formula is C13H21NO2Se. The van der Waals surface area contributed by atoms with Crippen LogP contribution in [0, 0.1) is 16.7 Å². The molecule has 17 heavy (non-hydrogen) atoms. The topological polar surface area (TPSA) is 40.5 Å². The Hall–Kier alpha value is -0.0505. The van der Waals surface area contributed by atoms with Crippen molar-refractivity contribution < 1.29 is 9.90 Å². The molecule has 96 valence electrons. The van der Waals surface area contributed by atoms with Crippen molar-refractivity contribution in [3.05, 3.63) is 0 Å². The van der Waals surface area contributed by atoms with Crippen molar-refractivity contribution >= 4 is 21.1 Å². The summed E-state index contributed by atoms with van der Waals surface area (Å²) in [6, 6.07) is 0. The second kappa shape index (κ2) is 3.09. The average Bonchev–Trinajstić information content (AvgIpc) is 2.71. The molecule has 3 nitrogen and oxygen atoms in total. The minimum absolute atomic E-state index is 0.0126. The number of amides is 1. The Bertz CT molecular complexity index is 397. The third kappa shape index (κ3) is 1.11.